The minimum atomic E-state index is -3.34. The smallest absolute Gasteiger partial charge is 0.275 e. The van der Waals surface area contributed by atoms with E-state index in [1.807, 2.05) is 35.2 Å². The van der Waals surface area contributed by atoms with Crippen molar-refractivity contribution in [3.8, 4) is 10.6 Å². The number of piperazine rings is 1. The molecule has 208 valence electrons. The Morgan fingerprint density at radius 3 is 2.38 bits per heavy atom. The third-order valence-corrected chi connectivity index (χ3v) is 8.31. The molecule has 2 aromatic carbocycles. The molecule has 3 heterocycles. The predicted molar refractivity (Wildman–Crippen MR) is 150 cm³/mol. The maximum Gasteiger partial charge on any atom is 0.275 e. The Labute approximate surface area is 234 Å². The number of primary amides is 1. The van der Waals surface area contributed by atoms with Crippen molar-refractivity contribution in [2.45, 2.75) is 19.3 Å². The first-order chi connectivity index (χ1) is 19.1. The van der Waals surface area contributed by atoms with E-state index in [0.29, 0.717) is 47.4 Å². The number of halogens is 2. The van der Waals surface area contributed by atoms with Gasteiger partial charge in [0.15, 0.2) is 0 Å². The van der Waals surface area contributed by atoms with Crippen molar-refractivity contribution in [3.05, 3.63) is 76.8 Å². The Balaban J connectivity index is 1.45. The molecule has 40 heavy (non-hydrogen) atoms. The fraction of sp³-hybridized carbons (Fsp3) is 0.310. The third-order valence-electron chi connectivity index (χ3n) is 7.12. The highest BCUT2D eigenvalue weighted by Gasteiger charge is 2.42. The van der Waals surface area contributed by atoms with Crippen molar-refractivity contribution in [3.63, 3.8) is 0 Å². The first kappa shape index (κ1) is 27.6. The van der Waals surface area contributed by atoms with Gasteiger partial charge < -0.3 is 15.5 Å². The van der Waals surface area contributed by atoms with E-state index in [1.165, 1.54) is 27.2 Å². The van der Waals surface area contributed by atoms with E-state index in [-0.39, 0.29) is 18.7 Å². The molecular formula is C29H29F2N5O3S. The first-order valence-corrected chi connectivity index (χ1v) is 13.8. The molecule has 8 nitrogen and oxygen atoms in total. The molecule has 3 amide bonds. The highest BCUT2D eigenvalue weighted by Crippen LogP contribution is 2.44. The molecule has 11 heteroatoms. The van der Waals surface area contributed by atoms with Gasteiger partial charge in [-0.2, -0.15) is 0 Å². The Morgan fingerprint density at radius 1 is 1.00 bits per heavy atom. The van der Waals surface area contributed by atoms with E-state index in [4.69, 9.17) is 5.73 Å². The molecule has 5 rings (SSSR count). The van der Waals surface area contributed by atoms with Crippen molar-refractivity contribution in [1.29, 1.82) is 0 Å². The van der Waals surface area contributed by atoms with Gasteiger partial charge in [-0.3, -0.25) is 19.3 Å². The average Bonchev–Trinajstić information content (AvgIpc) is 3.29. The summed E-state index contributed by atoms with van der Waals surface area (Å²) in [6.07, 6.45) is 0.365. The molecule has 0 unspecified atom stereocenters. The van der Waals surface area contributed by atoms with E-state index >= 15 is 8.78 Å². The monoisotopic (exact) mass is 565 g/mol. The van der Waals surface area contributed by atoms with E-state index in [0.717, 1.165) is 11.6 Å². The molecule has 0 bridgehead atoms. The second kappa shape index (κ2) is 11.3. The van der Waals surface area contributed by atoms with Gasteiger partial charge in [0.25, 0.3) is 11.8 Å². The third kappa shape index (κ3) is 5.66. The number of fused-ring (bicyclic) bond motifs is 1. The molecule has 0 saturated carbocycles. The molecule has 1 saturated heterocycles. The van der Waals surface area contributed by atoms with Crippen molar-refractivity contribution in [1.82, 2.24) is 14.8 Å². The summed E-state index contributed by atoms with van der Waals surface area (Å²) in [6, 6.07) is 15.9. The van der Waals surface area contributed by atoms with Crippen LogP contribution in [0.2, 0.25) is 0 Å². The number of allylic oxidation sites excluding steroid dienone is 1. The molecular weight excluding hydrogens is 536 g/mol. The van der Waals surface area contributed by atoms with Gasteiger partial charge >= 0.3 is 0 Å². The number of hydrogen-bond donors (Lipinski definition) is 1. The van der Waals surface area contributed by atoms with Crippen LogP contribution in [0.15, 0.2) is 60.7 Å². The van der Waals surface area contributed by atoms with Crippen LogP contribution < -0.4 is 10.6 Å². The van der Waals surface area contributed by atoms with E-state index < -0.39 is 35.6 Å². The summed E-state index contributed by atoms with van der Waals surface area (Å²) in [7, 11) is 0. The standard InChI is InChI=1S/C29H29F2N5O3S/c1-19-26(40-27(33-19)20-7-3-2-4-8-20)28(39)36-12-11-29(30,31)22(21-9-5-6-10-23(21)36)17-25(38)35-15-13-34(14-16-35)18-24(32)37/h2-10,17H,11-16,18H2,1H3,(H2,32,37). The fourth-order valence-corrected chi connectivity index (χ4v) is 6.04. The molecule has 0 radical (unpaired) electrons. The number of benzene rings is 2. The molecule has 0 atom stereocenters. The number of anilines is 1. The van der Waals surface area contributed by atoms with Crippen LogP contribution in [0.5, 0.6) is 0 Å². The number of nitrogens with two attached hydrogens (primary N) is 1. The Kier molecular flexibility index (Phi) is 7.77. The summed E-state index contributed by atoms with van der Waals surface area (Å²) in [6.45, 7) is 3.03. The Bertz CT molecular complexity index is 1470. The van der Waals surface area contributed by atoms with Gasteiger partial charge in [-0.05, 0) is 13.0 Å². The normalized spacial score (nSPS) is 18.3. The number of alkyl halides is 2. The zero-order valence-electron chi connectivity index (χ0n) is 22.0. The lowest BCUT2D eigenvalue weighted by Crippen LogP contribution is -2.50. The summed E-state index contributed by atoms with van der Waals surface area (Å²) >= 11 is 1.23. The van der Waals surface area contributed by atoms with Crippen molar-refractivity contribution in [2.24, 2.45) is 5.73 Å². The highest BCUT2D eigenvalue weighted by atomic mass is 32.1. The van der Waals surface area contributed by atoms with E-state index in [2.05, 4.69) is 4.98 Å². The van der Waals surface area contributed by atoms with Gasteiger partial charge in [-0.1, -0.05) is 48.5 Å². The maximum atomic E-state index is 15.6. The van der Waals surface area contributed by atoms with Gasteiger partial charge in [0.05, 0.1) is 17.9 Å². The van der Waals surface area contributed by atoms with Crippen LogP contribution in [0.3, 0.4) is 0 Å². The minimum absolute atomic E-state index is 0.0878. The Hall–Kier alpha value is -3.96. The molecule has 1 aromatic heterocycles. The number of nitrogens with zero attached hydrogens (tertiary/aromatic N) is 4. The number of hydrogen-bond acceptors (Lipinski definition) is 6. The summed E-state index contributed by atoms with van der Waals surface area (Å²) < 4.78 is 31.3. The second-order valence-corrected chi connectivity index (χ2v) is 10.9. The minimum Gasteiger partial charge on any atom is -0.369 e. The zero-order chi connectivity index (χ0) is 28.4. The van der Waals surface area contributed by atoms with Gasteiger partial charge in [0.1, 0.15) is 9.88 Å². The van der Waals surface area contributed by atoms with E-state index in [9.17, 15) is 14.4 Å². The lowest BCUT2D eigenvalue weighted by Gasteiger charge is -2.33. The molecule has 0 aliphatic carbocycles. The molecule has 1 fully saturated rings. The predicted octanol–water partition coefficient (Wildman–Crippen LogP) is 3.82. The van der Waals surface area contributed by atoms with Gasteiger partial charge in [-0.25, -0.2) is 13.8 Å². The molecule has 3 aromatic rings. The molecule has 2 N–H and O–H groups in total. The van der Waals surface area contributed by atoms with E-state index in [1.54, 1.807) is 25.1 Å². The topological polar surface area (TPSA) is 99.8 Å². The van der Waals surface area contributed by atoms with Crippen molar-refractivity contribution < 1.29 is 23.2 Å². The number of carbonyl (C=O) groups excluding carboxylic acids is 3. The highest BCUT2D eigenvalue weighted by molar-refractivity contribution is 7.17. The van der Waals surface area contributed by atoms with Crippen LogP contribution >= 0.6 is 11.3 Å². The molecule has 0 spiro atoms. The number of para-hydroxylation sites is 1. The van der Waals surface area contributed by atoms with Crippen LogP contribution in [-0.2, 0) is 9.59 Å². The first-order valence-electron chi connectivity index (χ1n) is 13.0. The van der Waals surface area contributed by atoms with Gasteiger partial charge in [0, 0.05) is 61.9 Å². The fourth-order valence-electron chi connectivity index (χ4n) is 5.02. The number of amides is 3. The lowest BCUT2D eigenvalue weighted by molar-refractivity contribution is -0.128. The number of thiazole rings is 1. The van der Waals surface area contributed by atoms with Crippen LogP contribution in [0.1, 0.15) is 27.3 Å². The summed E-state index contributed by atoms with van der Waals surface area (Å²) in [5.74, 6) is -4.74. The molecule has 2 aliphatic rings. The van der Waals surface area contributed by atoms with Gasteiger partial charge in [0.2, 0.25) is 11.8 Å². The zero-order valence-corrected chi connectivity index (χ0v) is 22.8. The van der Waals surface area contributed by atoms with Gasteiger partial charge in [-0.15, -0.1) is 11.3 Å². The van der Waals surface area contributed by atoms with Crippen LogP contribution in [0, 0.1) is 6.92 Å². The second-order valence-electron chi connectivity index (χ2n) is 9.85. The van der Waals surface area contributed by atoms with Crippen LogP contribution in [0.25, 0.3) is 16.1 Å². The van der Waals surface area contributed by atoms with Crippen LogP contribution in [0.4, 0.5) is 14.5 Å². The summed E-state index contributed by atoms with van der Waals surface area (Å²) in [5, 5.41) is 0.678. The quantitative estimate of drug-likeness (QED) is 0.475. The number of carbonyl (C=O) groups is 3. The summed E-state index contributed by atoms with van der Waals surface area (Å²) in [5.41, 5.74) is 6.71. The van der Waals surface area contributed by atoms with Crippen LogP contribution in [-0.4, -0.2) is 77.7 Å². The van der Waals surface area contributed by atoms with Crippen molar-refractivity contribution in [2.75, 3.05) is 44.2 Å². The van der Waals surface area contributed by atoms with Crippen molar-refractivity contribution >= 4 is 40.3 Å². The summed E-state index contributed by atoms with van der Waals surface area (Å²) in [4.78, 5) is 47.8. The Morgan fingerprint density at radius 2 is 1.68 bits per heavy atom. The maximum absolute atomic E-state index is 15.6. The molecule has 2 aliphatic heterocycles. The largest absolute Gasteiger partial charge is 0.369 e. The SMILES string of the molecule is Cc1nc(-c2ccccc2)sc1C(=O)N1CCC(F)(F)C(=CC(=O)N2CCN(CC(N)=O)CC2)c2ccccc21. The average molecular weight is 566 g/mol. The number of aryl methyl sites for hydroxylation is 1. The number of rotatable bonds is 5. The number of aromatic nitrogens is 1. The lowest BCUT2D eigenvalue weighted by atomic mass is 9.96.